The summed E-state index contributed by atoms with van der Waals surface area (Å²) in [6, 6.07) is 3.07. The summed E-state index contributed by atoms with van der Waals surface area (Å²) in [5.41, 5.74) is 6.47. The molecule has 1 amide bonds. The molecule has 0 saturated carbocycles. The average Bonchev–Trinajstić information content (AvgIpc) is 2.58. The Morgan fingerprint density at radius 2 is 2.04 bits per heavy atom. The summed E-state index contributed by atoms with van der Waals surface area (Å²) in [5.74, 6) is 1.59. The summed E-state index contributed by atoms with van der Waals surface area (Å²) >= 11 is 6.02. The van der Waals surface area contributed by atoms with E-state index >= 15 is 0 Å². The third-order valence-electron chi connectivity index (χ3n) is 4.98. The van der Waals surface area contributed by atoms with Gasteiger partial charge in [-0.2, -0.15) is 0 Å². The number of ether oxygens (including phenoxy) is 1. The first kappa shape index (κ1) is 20.0. The fourth-order valence-electron chi connectivity index (χ4n) is 3.17. The second-order valence-electron chi connectivity index (χ2n) is 6.55. The quantitative estimate of drug-likeness (QED) is 0.728. The Hall–Kier alpha value is -1.31. The van der Waals surface area contributed by atoms with Gasteiger partial charge in [0.25, 0.3) is 5.91 Å². The van der Waals surface area contributed by atoms with Crippen molar-refractivity contribution in [2.75, 3.05) is 45.0 Å². The average molecular weight is 388 g/mol. The maximum atomic E-state index is 12.5. The zero-order valence-corrected chi connectivity index (χ0v) is 16.5. The van der Waals surface area contributed by atoms with Crippen molar-refractivity contribution in [2.24, 2.45) is 0 Å². The molecular formula is C17H26ClN3O3S. The molecule has 0 atom stereocenters. The Kier molecular flexibility index (Phi) is 6.71. The highest BCUT2D eigenvalue weighted by molar-refractivity contribution is 7.85. The fourth-order valence-corrected chi connectivity index (χ4v) is 4.76. The Morgan fingerprint density at radius 1 is 1.40 bits per heavy atom. The van der Waals surface area contributed by atoms with Crippen molar-refractivity contribution in [3.05, 3.63) is 22.7 Å². The summed E-state index contributed by atoms with van der Waals surface area (Å²) in [4.78, 5) is 14.7. The number of halogens is 1. The first-order valence-corrected chi connectivity index (χ1v) is 10.1. The number of carbonyl (C=O) groups is 1. The van der Waals surface area contributed by atoms with Crippen LogP contribution in [0.4, 0.5) is 5.69 Å². The van der Waals surface area contributed by atoms with E-state index in [9.17, 15) is 9.00 Å². The molecule has 140 valence electrons. The fraction of sp³-hybridized carbons (Fsp3) is 0.588. The van der Waals surface area contributed by atoms with Crippen LogP contribution in [0.25, 0.3) is 0 Å². The molecule has 2 rings (SSSR count). The molecule has 1 aliphatic rings. The van der Waals surface area contributed by atoms with Crippen LogP contribution in [-0.2, 0) is 10.8 Å². The minimum absolute atomic E-state index is 0.0238. The maximum Gasteiger partial charge on any atom is 0.255 e. The number of benzene rings is 1. The first-order valence-electron chi connectivity index (χ1n) is 8.23. The molecule has 0 bridgehead atoms. The second kappa shape index (κ2) is 8.38. The molecule has 25 heavy (non-hydrogen) atoms. The Bertz CT molecular complexity index is 657. The van der Waals surface area contributed by atoms with Crippen LogP contribution in [0.3, 0.4) is 0 Å². The van der Waals surface area contributed by atoms with Crippen LogP contribution in [0.15, 0.2) is 12.1 Å². The molecular weight excluding hydrogens is 362 g/mol. The predicted molar refractivity (Wildman–Crippen MR) is 103 cm³/mol. The number of nitrogen functional groups attached to an aromatic ring is 1. The molecule has 6 nitrogen and oxygen atoms in total. The number of rotatable bonds is 6. The lowest BCUT2D eigenvalue weighted by atomic mass is 9.87. The largest absolute Gasteiger partial charge is 0.496 e. The van der Waals surface area contributed by atoms with E-state index in [2.05, 4.69) is 10.2 Å². The number of nitrogens with zero attached hydrogens (tertiary/aromatic N) is 1. The number of anilines is 1. The van der Waals surface area contributed by atoms with Gasteiger partial charge in [-0.25, -0.2) is 0 Å². The van der Waals surface area contributed by atoms with E-state index in [1.54, 1.807) is 6.07 Å². The zero-order chi connectivity index (χ0) is 18.6. The van der Waals surface area contributed by atoms with Crippen molar-refractivity contribution in [3.63, 3.8) is 0 Å². The van der Waals surface area contributed by atoms with Gasteiger partial charge in [-0.15, -0.1) is 0 Å². The molecule has 0 unspecified atom stereocenters. The number of hydrogen-bond donors (Lipinski definition) is 2. The Labute approximate surface area is 156 Å². The molecule has 0 aromatic heterocycles. The van der Waals surface area contributed by atoms with Crippen LogP contribution >= 0.6 is 11.6 Å². The van der Waals surface area contributed by atoms with Crippen LogP contribution in [0.1, 0.15) is 29.6 Å². The molecule has 3 N–H and O–H groups in total. The van der Waals surface area contributed by atoms with Gasteiger partial charge in [0, 0.05) is 40.5 Å². The van der Waals surface area contributed by atoms with Gasteiger partial charge in [0.15, 0.2) is 0 Å². The second-order valence-corrected chi connectivity index (χ2v) is 8.65. The van der Waals surface area contributed by atoms with Crippen molar-refractivity contribution in [1.29, 1.82) is 0 Å². The van der Waals surface area contributed by atoms with E-state index in [1.165, 1.54) is 13.2 Å². The molecule has 1 aromatic carbocycles. The number of methoxy groups -OCH3 is 1. The minimum Gasteiger partial charge on any atom is -0.496 e. The van der Waals surface area contributed by atoms with Crippen molar-refractivity contribution in [3.8, 4) is 5.75 Å². The highest BCUT2D eigenvalue weighted by Crippen LogP contribution is 2.31. The summed E-state index contributed by atoms with van der Waals surface area (Å²) < 4.78 is 16.9. The highest BCUT2D eigenvalue weighted by Gasteiger charge is 2.36. The topological polar surface area (TPSA) is 84.7 Å². The molecule has 1 fully saturated rings. The van der Waals surface area contributed by atoms with Gasteiger partial charge in [-0.1, -0.05) is 11.6 Å². The number of hydrogen-bond acceptors (Lipinski definition) is 5. The third-order valence-corrected chi connectivity index (χ3v) is 6.62. The monoisotopic (exact) mass is 387 g/mol. The lowest BCUT2D eigenvalue weighted by Crippen LogP contribution is -2.50. The van der Waals surface area contributed by atoms with E-state index < -0.39 is 10.8 Å². The lowest BCUT2D eigenvalue weighted by molar-refractivity contribution is 0.0920. The van der Waals surface area contributed by atoms with Crippen LogP contribution in [0.5, 0.6) is 5.75 Å². The van der Waals surface area contributed by atoms with Crippen LogP contribution < -0.4 is 15.8 Å². The van der Waals surface area contributed by atoms with E-state index in [1.807, 2.05) is 14.1 Å². The first-order chi connectivity index (χ1) is 11.8. The Morgan fingerprint density at radius 3 is 2.60 bits per heavy atom. The number of nitrogens with two attached hydrogens (primary N) is 1. The summed E-state index contributed by atoms with van der Waals surface area (Å²) in [6.07, 6.45) is 2.55. The molecule has 0 spiro atoms. The van der Waals surface area contributed by atoms with E-state index in [4.69, 9.17) is 22.1 Å². The Balaban J connectivity index is 2.02. The molecule has 0 aliphatic carbocycles. The highest BCUT2D eigenvalue weighted by atomic mass is 35.5. The number of amides is 1. The molecule has 1 aromatic rings. The normalized spacial score (nSPS) is 23.5. The van der Waals surface area contributed by atoms with Gasteiger partial charge in [0.2, 0.25) is 0 Å². The summed E-state index contributed by atoms with van der Waals surface area (Å²) in [6.45, 7) is 0.523. The van der Waals surface area contributed by atoms with Crippen molar-refractivity contribution < 1.29 is 13.7 Å². The van der Waals surface area contributed by atoms with Gasteiger partial charge in [-0.05, 0) is 39.4 Å². The van der Waals surface area contributed by atoms with Crippen LogP contribution in [-0.4, -0.2) is 59.8 Å². The number of carbonyl (C=O) groups excluding carboxylic acids is 1. The van der Waals surface area contributed by atoms with E-state index in [-0.39, 0.29) is 11.4 Å². The van der Waals surface area contributed by atoms with Crippen molar-refractivity contribution in [2.45, 2.75) is 24.8 Å². The SMILES string of the molecule is COc1cc(N)c(Cl)cc1C(=O)NCCC1(N(C)C)CCS(=O)CC1. The number of nitrogens with one attached hydrogen (secondary N) is 1. The third kappa shape index (κ3) is 4.65. The zero-order valence-electron chi connectivity index (χ0n) is 14.9. The maximum absolute atomic E-state index is 12.5. The van der Waals surface area contributed by atoms with Gasteiger partial charge in [0.1, 0.15) is 5.75 Å². The predicted octanol–water partition coefficient (Wildman–Crippen LogP) is 1.89. The lowest BCUT2D eigenvalue weighted by Gasteiger charge is -2.43. The van der Waals surface area contributed by atoms with Gasteiger partial charge >= 0.3 is 0 Å². The smallest absolute Gasteiger partial charge is 0.255 e. The van der Waals surface area contributed by atoms with Crippen LogP contribution in [0.2, 0.25) is 5.02 Å². The van der Waals surface area contributed by atoms with E-state index in [0.717, 1.165) is 19.3 Å². The molecule has 1 heterocycles. The summed E-state index contributed by atoms with van der Waals surface area (Å²) in [7, 11) is 4.86. The summed E-state index contributed by atoms with van der Waals surface area (Å²) in [5, 5.41) is 3.26. The van der Waals surface area contributed by atoms with Gasteiger partial charge < -0.3 is 20.7 Å². The molecule has 0 radical (unpaired) electrons. The van der Waals surface area contributed by atoms with Crippen LogP contribution in [0, 0.1) is 0 Å². The molecule has 8 heteroatoms. The minimum atomic E-state index is -0.714. The van der Waals surface area contributed by atoms with Gasteiger partial charge in [0.05, 0.1) is 23.4 Å². The van der Waals surface area contributed by atoms with Crippen molar-refractivity contribution >= 4 is 34.0 Å². The van der Waals surface area contributed by atoms with Gasteiger partial charge in [-0.3, -0.25) is 9.00 Å². The van der Waals surface area contributed by atoms with E-state index in [0.29, 0.717) is 40.1 Å². The molecule has 1 aliphatic heterocycles. The van der Waals surface area contributed by atoms with Crippen molar-refractivity contribution in [1.82, 2.24) is 10.2 Å². The standard InChI is InChI=1S/C17H26ClN3O3S/c1-21(2)17(5-8-25(23)9-6-17)4-7-20-16(22)12-10-13(18)14(19)11-15(12)24-3/h10-11H,4-9,19H2,1-3H3,(H,20,22). The molecule has 1 saturated heterocycles.